The second kappa shape index (κ2) is 8.46. The monoisotopic (exact) mass is 444 g/mol. The van der Waals surface area contributed by atoms with Gasteiger partial charge in [0.25, 0.3) is 5.91 Å². The summed E-state index contributed by atoms with van der Waals surface area (Å²) in [5, 5.41) is 12.5. The number of carbonyl (C=O) groups excluding carboxylic acids is 1. The zero-order chi connectivity index (χ0) is 22.9. The Kier molecular flexibility index (Phi) is 5.70. The fraction of sp³-hybridized carbons (Fsp3) is 0.227. The van der Waals surface area contributed by atoms with E-state index in [1.54, 1.807) is 36.5 Å². The van der Waals surface area contributed by atoms with Crippen LogP contribution in [0.15, 0.2) is 54.9 Å². The fourth-order valence-corrected chi connectivity index (χ4v) is 3.27. The second-order valence-electron chi connectivity index (χ2n) is 7.25. The number of aliphatic hydroxyl groups excluding tert-OH is 1. The number of halogens is 3. The molecule has 3 aromatic rings. The minimum absolute atomic E-state index is 0.119. The van der Waals surface area contributed by atoms with Gasteiger partial charge in [-0.1, -0.05) is 12.1 Å². The summed E-state index contributed by atoms with van der Waals surface area (Å²) in [4.78, 5) is 22.6. The third-order valence-electron chi connectivity index (χ3n) is 4.88. The third kappa shape index (κ3) is 4.22. The lowest BCUT2D eigenvalue weighted by molar-refractivity contribution is -0.141. The predicted octanol–water partition coefficient (Wildman–Crippen LogP) is 3.95. The average molecular weight is 444 g/mol. The van der Waals surface area contributed by atoms with Crippen LogP contribution in [0.1, 0.15) is 21.6 Å². The molecule has 1 aromatic carbocycles. The number of pyridine rings is 2. The van der Waals surface area contributed by atoms with Crippen LogP contribution >= 0.6 is 0 Å². The fourth-order valence-electron chi connectivity index (χ4n) is 3.27. The summed E-state index contributed by atoms with van der Waals surface area (Å²) >= 11 is 0. The zero-order valence-electron chi connectivity index (χ0n) is 16.9. The van der Waals surface area contributed by atoms with Crippen LogP contribution in [0.4, 0.5) is 30.4 Å². The van der Waals surface area contributed by atoms with Crippen LogP contribution in [0.25, 0.3) is 0 Å². The SMILES string of the molecule is Cc1ccc(N(C(=O)c2cccc3c2OC[C@H](CO)N3)c2ccc(C(F)(F)F)nc2)nc1. The van der Waals surface area contributed by atoms with Crippen molar-refractivity contribution >= 4 is 23.1 Å². The Morgan fingerprint density at radius 1 is 1.19 bits per heavy atom. The number of nitrogens with one attached hydrogen (secondary N) is 1. The second-order valence-corrected chi connectivity index (χ2v) is 7.25. The number of nitrogens with zero attached hydrogens (tertiary/aromatic N) is 3. The van der Waals surface area contributed by atoms with Crippen molar-refractivity contribution in [1.82, 2.24) is 9.97 Å². The van der Waals surface area contributed by atoms with E-state index in [1.165, 1.54) is 11.0 Å². The van der Waals surface area contributed by atoms with Crippen molar-refractivity contribution in [3.05, 3.63) is 71.7 Å². The number of benzene rings is 1. The third-order valence-corrected chi connectivity index (χ3v) is 4.88. The van der Waals surface area contributed by atoms with E-state index in [0.29, 0.717) is 11.4 Å². The molecule has 1 aliphatic rings. The first-order chi connectivity index (χ1) is 15.3. The van der Waals surface area contributed by atoms with Gasteiger partial charge >= 0.3 is 6.18 Å². The van der Waals surface area contributed by atoms with E-state index in [9.17, 15) is 23.1 Å². The van der Waals surface area contributed by atoms with E-state index in [-0.39, 0.29) is 36.3 Å². The first kappa shape index (κ1) is 21.6. The molecule has 0 saturated carbocycles. The molecule has 2 N–H and O–H groups in total. The highest BCUT2D eigenvalue weighted by atomic mass is 19.4. The molecule has 1 atom stereocenters. The molecule has 0 saturated heterocycles. The molecule has 0 unspecified atom stereocenters. The first-order valence-electron chi connectivity index (χ1n) is 9.71. The molecule has 3 heterocycles. The normalized spacial score (nSPS) is 15.3. The van der Waals surface area contributed by atoms with E-state index in [4.69, 9.17) is 4.74 Å². The maximum absolute atomic E-state index is 13.6. The van der Waals surface area contributed by atoms with Crippen LogP contribution < -0.4 is 15.0 Å². The van der Waals surface area contributed by atoms with Gasteiger partial charge in [0, 0.05) is 6.20 Å². The Labute approximate surface area is 181 Å². The van der Waals surface area contributed by atoms with Crippen LogP contribution in [-0.4, -0.2) is 40.2 Å². The Bertz CT molecular complexity index is 1120. The molecule has 0 aliphatic carbocycles. The van der Waals surface area contributed by atoms with Gasteiger partial charge in [-0.2, -0.15) is 13.2 Å². The number of fused-ring (bicyclic) bond motifs is 1. The summed E-state index contributed by atoms with van der Waals surface area (Å²) in [7, 11) is 0. The van der Waals surface area contributed by atoms with Crippen molar-refractivity contribution in [2.45, 2.75) is 19.1 Å². The van der Waals surface area contributed by atoms with Crippen molar-refractivity contribution < 1.29 is 27.8 Å². The van der Waals surface area contributed by atoms with Crippen LogP contribution in [0.3, 0.4) is 0 Å². The molecule has 0 radical (unpaired) electrons. The van der Waals surface area contributed by atoms with Crippen molar-refractivity contribution in [2.24, 2.45) is 0 Å². The number of rotatable bonds is 4. The Hall–Kier alpha value is -3.66. The van der Waals surface area contributed by atoms with E-state index in [1.807, 2.05) is 6.92 Å². The van der Waals surface area contributed by atoms with E-state index in [2.05, 4.69) is 15.3 Å². The Morgan fingerprint density at radius 3 is 2.62 bits per heavy atom. The molecular weight excluding hydrogens is 425 g/mol. The minimum atomic E-state index is -4.60. The van der Waals surface area contributed by atoms with E-state index >= 15 is 0 Å². The van der Waals surface area contributed by atoms with Gasteiger partial charge in [0.05, 0.1) is 35.8 Å². The molecule has 7 nitrogen and oxygen atoms in total. The standard InChI is InChI=1S/C22H19F3N4O3/c1-13-5-8-19(27-9-13)29(15-6-7-18(26-10-15)22(23,24)25)21(31)16-3-2-4-17-20(16)32-12-14(11-30)28-17/h2-10,14,28,30H,11-12H2,1H3/t14-/m0/s1. The van der Waals surface area contributed by atoms with Gasteiger partial charge in [-0.3, -0.25) is 9.69 Å². The van der Waals surface area contributed by atoms with Gasteiger partial charge < -0.3 is 15.2 Å². The number of aromatic nitrogens is 2. The lowest BCUT2D eigenvalue weighted by Crippen LogP contribution is -2.36. The van der Waals surface area contributed by atoms with E-state index in [0.717, 1.165) is 17.8 Å². The number of anilines is 3. The number of aryl methyl sites for hydroxylation is 1. The highest BCUT2D eigenvalue weighted by Gasteiger charge is 2.33. The lowest BCUT2D eigenvalue weighted by atomic mass is 10.1. The van der Waals surface area contributed by atoms with Gasteiger partial charge in [-0.25, -0.2) is 9.97 Å². The van der Waals surface area contributed by atoms with Crippen LogP contribution in [0.5, 0.6) is 5.75 Å². The first-order valence-corrected chi connectivity index (χ1v) is 9.71. The molecule has 166 valence electrons. The summed E-state index contributed by atoms with van der Waals surface area (Å²) in [5.74, 6) is -0.0417. The van der Waals surface area contributed by atoms with E-state index < -0.39 is 17.8 Å². The number of carbonyl (C=O) groups is 1. The number of ether oxygens (including phenoxy) is 1. The maximum atomic E-state index is 13.6. The topological polar surface area (TPSA) is 87.6 Å². The summed E-state index contributed by atoms with van der Waals surface area (Å²) in [6, 6.07) is 9.92. The van der Waals surface area contributed by atoms with Gasteiger partial charge in [0.1, 0.15) is 18.1 Å². The molecule has 0 bridgehead atoms. The zero-order valence-corrected chi connectivity index (χ0v) is 16.9. The summed E-state index contributed by atoms with van der Waals surface area (Å²) in [5.41, 5.74) is 0.627. The largest absolute Gasteiger partial charge is 0.488 e. The number of aliphatic hydroxyl groups is 1. The van der Waals surface area contributed by atoms with Crippen LogP contribution in [0.2, 0.25) is 0 Å². The summed E-state index contributed by atoms with van der Waals surface area (Å²) in [6.45, 7) is 1.83. The van der Waals surface area contributed by atoms with Crippen molar-refractivity contribution in [1.29, 1.82) is 0 Å². The van der Waals surface area contributed by atoms with Gasteiger partial charge in [-0.15, -0.1) is 0 Å². The molecule has 4 rings (SSSR count). The molecular formula is C22H19F3N4O3. The number of alkyl halides is 3. The maximum Gasteiger partial charge on any atom is 0.433 e. The minimum Gasteiger partial charge on any atom is -0.488 e. The summed E-state index contributed by atoms with van der Waals surface area (Å²) < 4.78 is 44.6. The quantitative estimate of drug-likeness (QED) is 0.634. The predicted molar refractivity (Wildman–Crippen MR) is 111 cm³/mol. The average Bonchev–Trinajstić information content (AvgIpc) is 2.79. The summed E-state index contributed by atoms with van der Waals surface area (Å²) in [6.07, 6.45) is -2.06. The number of hydrogen-bond donors (Lipinski definition) is 2. The Balaban J connectivity index is 1.78. The molecule has 0 fully saturated rings. The number of amides is 1. The van der Waals surface area contributed by atoms with Gasteiger partial charge in [0.2, 0.25) is 0 Å². The van der Waals surface area contributed by atoms with Crippen LogP contribution in [-0.2, 0) is 6.18 Å². The molecule has 0 spiro atoms. The van der Waals surface area contributed by atoms with Crippen molar-refractivity contribution in [3.8, 4) is 5.75 Å². The molecule has 32 heavy (non-hydrogen) atoms. The number of para-hydroxylation sites is 1. The molecule has 2 aromatic heterocycles. The van der Waals surface area contributed by atoms with Crippen molar-refractivity contribution in [3.63, 3.8) is 0 Å². The van der Waals surface area contributed by atoms with Crippen molar-refractivity contribution in [2.75, 3.05) is 23.4 Å². The van der Waals surface area contributed by atoms with Crippen LogP contribution in [0, 0.1) is 6.92 Å². The van der Waals surface area contributed by atoms with Gasteiger partial charge in [-0.05, 0) is 42.8 Å². The van der Waals surface area contributed by atoms with Gasteiger partial charge in [0.15, 0.2) is 5.75 Å². The number of hydrogen-bond acceptors (Lipinski definition) is 6. The molecule has 10 heteroatoms. The smallest absolute Gasteiger partial charge is 0.433 e. The molecule has 1 amide bonds. The molecule has 1 aliphatic heterocycles. The Morgan fingerprint density at radius 2 is 2.00 bits per heavy atom. The highest BCUT2D eigenvalue weighted by Crippen LogP contribution is 2.36. The highest BCUT2D eigenvalue weighted by molar-refractivity contribution is 6.12. The lowest BCUT2D eigenvalue weighted by Gasteiger charge is -2.29.